The van der Waals surface area contributed by atoms with Gasteiger partial charge >= 0.3 is 61.6 Å². The van der Waals surface area contributed by atoms with Crippen LogP contribution in [0.15, 0.2) is 0 Å². The number of carbonyl (C=O) groups is 4. The van der Waals surface area contributed by atoms with Gasteiger partial charge in [-0.1, -0.05) is 0 Å². The molecule has 11 heteroatoms. The number of rotatable bonds is 6. The molecule has 0 aromatic carbocycles. The standard InChI is InChI=1S/2C4H6O5.Ca.2H/c2*5-2(4(8)9)1-3(6)7;;;/h2*2,5H,1H2,(H,6,7)(H,8,9);;;/q;;+2;2*-1. The van der Waals surface area contributed by atoms with E-state index in [1.54, 1.807) is 0 Å². The van der Waals surface area contributed by atoms with E-state index in [1.165, 1.54) is 0 Å². The van der Waals surface area contributed by atoms with E-state index >= 15 is 0 Å². The number of carboxylic acid groups (broad SMARTS) is 4. The van der Waals surface area contributed by atoms with Gasteiger partial charge in [0.15, 0.2) is 12.2 Å². The van der Waals surface area contributed by atoms with Crippen molar-refractivity contribution in [1.82, 2.24) is 0 Å². The number of carboxylic acids is 4. The predicted octanol–water partition coefficient (Wildman–Crippen LogP) is -2.34. The number of hydrogen-bond acceptors (Lipinski definition) is 6. The van der Waals surface area contributed by atoms with Crippen LogP contribution in [-0.4, -0.2) is 104 Å². The molecular weight excluding hydrogens is 296 g/mol. The van der Waals surface area contributed by atoms with Crippen LogP contribution < -0.4 is 0 Å². The maximum atomic E-state index is 9.72. The average Bonchev–Trinajstić information content (AvgIpc) is 2.16. The molecule has 0 aromatic rings. The van der Waals surface area contributed by atoms with Crippen LogP contribution in [0.5, 0.6) is 0 Å². The van der Waals surface area contributed by atoms with Crippen LogP contribution in [0.3, 0.4) is 0 Å². The van der Waals surface area contributed by atoms with Gasteiger partial charge in [-0.15, -0.1) is 0 Å². The van der Waals surface area contributed by atoms with Crippen LogP contribution in [0.4, 0.5) is 0 Å². The van der Waals surface area contributed by atoms with Crippen molar-refractivity contribution < 1.29 is 52.7 Å². The molecule has 19 heavy (non-hydrogen) atoms. The molecule has 0 aromatic heterocycles. The summed E-state index contributed by atoms with van der Waals surface area (Å²) in [5.41, 5.74) is 0. The first kappa shape index (κ1) is 23.2. The van der Waals surface area contributed by atoms with E-state index in [0.29, 0.717) is 0 Å². The average molecular weight is 310 g/mol. The molecule has 0 radical (unpaired) electrons. The third-order valence-corrected chi connectivity index (χ3v) is 1.31. The Bertz CT molecular complexity index is 305. The molecule has 0 rings (SSSR count). The Balaban J connectivity index is -0.0000000711. The Kier molecular flexibility index (Phi) is 14.8. The Hall–Kier alpha value is -0.940. The summed E-state index contributed by atoms with van der Waals surface area (Å²) in [6, 6.07) is 0. The summed E-state index contributed by atoms with van der Waals surface area (Å²) in [6.07, 6.45) is -5.09. The molecule has 108 valence electrons. The molecule has 0 saturated carbocycles. The quantitative estimate of drug-likeness (QED) is 0.290. The molecule has 2 atom stereocenters. The fourth-order valence-electron chi connectivity index (χ4n) is 0.505. The maximum absolute atomic E-state index is 9.72. The van der Waals surface area contributed by atoms with Gasteiger partial charge in [0.1, 0.15) is 0 Å². The maximum Gasteiger partial charge on any atom is 2.00 e. The largest absolute Gasteiger partial charge is 2.00 e. The third kappa shape index (κ3) is 17.1. The van der Waals surface area contributed by atoms with Gasteiger partial charge in [-0.25, -0.2) is 9.59 Å². The van der Waals surface area contributed by atoms with E-state index in [0.717, 1.165) is 0 Å². The second-order valence-corrected chi connectivity index (χ2v) is 2.90. The van der Waals surface area contributed by atoms with Crippen molar-refractivity contribution in [3.63, 3.8) is 0 Å². The van der Waals surface area contributed by atoms with Crippen LogP contribution in [0, 0.1) is 0 Å². The first-order valence-corrected chi connectivity index (χ1v) is 4.33. The van der Waals surface area contributed by atoms with Crippen molar-refractivity contribution in [3.8, 4) is 0 Å². The zero-order valence-corrected chi connectivity index (χ0v) is 11.8. The van der Waals surface area contributed by atoms with E-state index in [-0.39, 0.29) is 40.6 Å². The first-order chi connectivity index (χ1) is 8.07. The molecule has 0 aliphatic heterocycles. The Morgan fingerprint density at radius 3 is 1.00 bits per heavy atom. The molecule has 0 spiro atoms. The molecule has 10 nitrogen and oxygen atoms in total. The van der Waals surface area contributed by atoms with E-state index in [9.17, 15) is 19.2 Å². The van der Waals surface area contributed by atoms with Gasteiger partial charge < -0.3 is 33.5 Å². The third-order valence-electron chi connectivity index (χ3n) is 1.31. The van der Waals surface area contributed by atoms with Gasteiger partial charge in [0.25, 0.3) is 0 Å². The minimum atomic E-state index is -1.79. The van der Waals surface area contributed by atoms with E-state index in [2.05, 4.69) is 0 Å². The number of aliphatic carboxylic acids is 4. The Labute approximate surface area is 139 Å². The normalized spacial score (nSPS) is 11.9. The summed E-state index contributed by atoms with van der Waals surface area (Å²) in [6.45, 7) is 0. The molecule has 0 heterocycles. The van der Waals surface area contributed by atoms with Crippen LogP contribution in [-0.2, 0) is 19.2 Å². The predicted molar refractivity (Wildman–Crippen MR) is 59.8 cm³/mol. The van der Waals surface area contributed by atoms with Gasteiger partial charge in [0.2, 0.25) is 0 Å². The zero-order chi connectivity index (χ0) is 14.9. The van der Waals surface area contributed by atoms with Crippen LogP contribution >= 0.6 is 0 Å². The molecule has 0 aliphatic carbocycles. The van der Waals surface area contributed by atoms with Crippen molar-refractivity contribution in [2.45, 2.75) is 25.0 Å². The van der Waals surface area contributed by atoms with Crippen molar-refractivity contribution >= 4 is 61.6 Å². The number of aliphatic hydroxyl groups is 2. The van der Waals surface area contributed by atoms with Gasteiger partial charge in [0, 0.05) is 0 Å². The Morgan fingerprint density at radius 2 is 0.947 bits per heavy atom. The van der Waals surface area contributed by atoms with Gasteiger partial charge in [-0.3, -0.25) is 9.59 Å². The number of hydrogen-bond donors (Lipinski definition) is 6. The monoisotopic (exact) mass is 310 g/mol. The van der Waals surface area contributed by atoms with Crippen molar-refractivity contribution in [1.29, 1.82) is 0 Å². The minimum absolute atomic E-state index is 0. The van der Waals surface area contributed by atoms with Crippen molar-refractivity contribution in [2.75, 3.05) is 0 Å². The van der Waals surface area contributed by atoms with Gasteiger partial charge in [-0.2, -0.15) is 0 Å². The molecule has 0 aliphatic rings. The fourth-order valence-corrected chi connectivity index (χ4v) is 0.505. The molecule has 0 saturated heterocycles. The molecule has 6 N–H and O–H groups in total. The van der Waals surface area contributed by atoms with E-state index in [1.807, 2.05) is 0 Å². The molecule has 0 bridgehead atoms. The minimum Gasteiger partial charge on any atom is -1.00 e. The summed E-state index contributed by atoms with van der Waals surface area (Å²) in [7, 11) is 0. The number of aliphatic hydroxyl groups excluding tert-OH is 2. The van der Waals surface area contributed by atoms with E-state index < -0.39 is 48.9 Å². The summed E-state index contributed by atoms with van der Waals surface area (Å²) in [5, 5.41) is 48.3. The van der Waals surface area contributed by atoms with Crippen LogP contribution in [0.1, 0.15) is 15.7 Å². The van der Waals surface area contributed by atoms with Crippen LogP contribution in [0.2, 0.25) is 0 Å². The summed E-state index contributed by atoms with van der Waals surface area (Å²) in [4.78, 5) is 38.8. The SMILES string of the molecule is O=C(O)CC(O)C(=O)O.O=C(O)CC(O)C(=O)O.[Ca+2].[H-].[H-]. The Morgan fingerprint density at radius 1 is 0.737 bits per heavy atom. The van der Waals surface area contributed by atoms with Crippen molar-refractivity contribution in [3.05, 3.63) is 0 Å². The van der Waals surface area contributed by atoms with E-state index in [4.69, 9.17) is 30.6 Å². The smallest absolute Gasteiger partial charge is 1.00 e. The summed E-state index contributed by atoms with van der Waals surface area (Å²) < 4.78 is 0. The zero-order valence-electron chi connectivity index (χ0n) is 11.6. The van der Waals surface area contributed by atoms with Crippen LogP contribution in [0.25, 0.3) is 0 Å². The fraction of sp³-hybridized carbons (Fsp3) is 0.500. The molecule has 2 unspecified atom stereocenters. The topological polar surface area (TPSA) is 190 Å². The summed E-state index contributed by atoms with van der Waals surface area (Å²) in [5.74, 6) is -5.69. The summed E-state index contributed by atoms with van der Waals surface area (Å²) >= 11 is 0. The van der Waals surface area contributed by atoms with Gasteiger partial charge in [-0.05, 0) is 0 Å². The second kappa shape index (κ2) is 12.1. The first-order valence-electron chi connectivity index (χ1n) is 4.33. The molecular formula is C8H14CaO10. The molecule has 0 fully saturated rings. The molecule has 0 amide bonds. The van der Waals surface area contributed by atoms with Gasteiger partial charge in [0.05, 0.1) is 12.8 Å². The second-order valence-electron chi connectivity index (χ2n) is 2.90. The van der Waals surface area contributed by atoms with Crippen molar-refractivity contribution in [2.24, 2.45) is 0 Å².